The fourth-order valence-electron chi connectivity index (χ4n) is 5.91. The summed E-state index contributed by atoms with van der Waals surface area (Å²) in [7, 11) is 0. The molecule has 3 rings (SSSR count). The number of carbonyl (C=O) groups is 7. The molecule has 1 aliphatic heterocycles. The van der Waals surface area contributed by atoms with Crippen molar-refractivity contribution in [1.29, 1.82) is 0 Å². The number of primary amides is 1. The lowest BCUT2D eigenvalue weighted by atomic mass is 10.0. The van der Waals surface area contributed by atoms with E-state index in [-0.39, 0.29) is 56.9 Å². The average molecular weight is 764 g/mol. The van der Waals surface area contributed by atoms with Crippen LogP contribution in [0.2, 0.25) is 0 Å². The van der Waals surface area contributed by atoms with Crippen LogP contribution < -0.4 is 37.6 Å². The molecule has 1 fully saturated rings. The number of nitrogens with two attached hydrogens (primary N) is 1. The number of carbonyl (C=O) groups excluding carboxylic acids is 7. The normalized spacial score (nSPS) is 22.0. The van der Waals surface area contributed by atoms with Gasteiger partial charge in [0.15, 0.2) is 0 Å². The van der Waals surface area contributed by atoms with Gasteiger partial charge in [-0.3, -0.25) is 28.8 Å². The maximum absolute atomic E-state index is 14.1. The van der Waals surface area contributed by atoms with Gasteiger partial charge in [-0.05, 0) is 83.3 Å². The van der Waals surface area contributed by atoms with E-state index in [9.17, 15) is 33.6 Å². The molecule has 0 aliphatic carbocycles. The molecule has 300 valence electrons. The van der Waals surface area contributed by atoms with Crippen molar-refractivity contribution < 1.29 is 38.3 Å². The van der Waals surface area contributed by atoms with Gasteiger partial charge in [0.2, 0.25) is 35.4 Å². The van der Waals surface area contributed by atoms with Crippen LogP contribution in [0.5, 0.6) is 0 Å². The summed E-state index contributed by atoms with van der Waals surface area (Å²) in [4.78, 5) is 91.9. The zero-order chi connectivity index (χ0) is 40.2. The minimum Gasteiger partial charge on any atom is -0.444 e. The minimum atomic E-state index is -1.15. The van der Waals surface area contributed by atoms with E-state index in [1.165, 1.54) is 0 Å². The third kappa shape index (κ3) is 17.5. The van der Waals surface area contributed by atoms with Crippen molar-refractivity contribution in [2.45, 2.75) is 121 Å². The number of amides is 7. The topological polar surface area (TPSA) is 227 Å². The van der Waals surface area contributed by atoms with E-state index in [2.05, 4.69) is 31.9 Å². The molecule has 1 aliphatic rings. The molecule has 4 atom stereocenters. The third-order valence-electron chi connectivity index (χ3n) is 8.84. The number of benzene rings is 2. The van der Waals surface area contributed by atoms with Gasteiger partial charge in [0.25, 0.3) is 0 Å². The SMILES string of the molecule is CC(C)(C)OC(=O)N[C@H]1CCCCNC(=O)CCC(=O)NCCCC[C@@H](C(N)=O)NC(=O)[C@H](Cc2ccccc2)NC(=O)[C@H](CCc2ccccc2)NC1=O. The Kier molecular flexibility index (Phi) is 18.1. The Hall–Kier alpha value is -5.47. The molecule has 15 heteroatoms. The average Bonchev–Trinajstić information content (AvgIpc) is 3.13. The molecule has 0 bridgehead atoms. The minimum absolute atomic E-state index is 0.00613. The highest BCUT2D eigenvalue weighted by Crippen LogP contribution is 2.12. The van der Waals surface area contributed by atoms with Crippen molar-refractivity contribution in [3.05, 3.63) is 71.8 Å². The lowest BCUT2D eigenvalue weighted by Gasteiger charge is -2.27. The van der Waals surface area contributed by atoms with E-state index >= 15 is 0 Å². The van der Waals surface area contributed by atoms with E-state index < -0.39 is 59.5 Å². The zero-order valence-electron chi connectivity index (χ0n) is 32.1. The molecule has 1 heterocycles. The van der Waals surface area contributed by atoms with Crippen molar-refractivity contribution in [1.82, 2.24) is 31.9 Å². The molecule has 0 aromatic heterocycles. The number of alkyl carbamates (subject to hydrolysis) is 1. The van der Waals surface area contributed by atoms with Gasteiger partial charge in [0, 0.05) is 32.4 Å². The predicted molar refractivity (Wildman–Crippen MR) is 206 cm³/mol. The summed E-state index contributed by atoms with van der Waals surface area (Å²) in [6, 6.07) is 14.0. The lowest BCUT2D eigenvalue weighted by Crippen LogP contribution is -2.58. The Morgan fingerprint density at radius 2 is 1.24 bits per heavy atom. The summed E-state index contributed by atoms with van der Waals surface area (Å²) in [5.74, 6) is -3.27. The van der Waals surface area contributed by atoms with Crippen LogP contribution in [0, 0.1) is 0 Å². The number of nitrogens with one attached hydrogen (secondary N) is 6. The van der Waals surface area contributed by atoms with Crippen LogP contribution in [0.1, 0.15) is 89.7 Å². The van der Waals surface area contributed by atoms with Crippen molar-refractivity contribution in [2.75, 3.05) is 13.1 Å². The molecule has 7 amide bonds. The van der Waals surface area contributed by atoms with Gasteiger partial charge in [-0.2, -0.15) is 0 Å². The molecule has 0 saturated carbocycles. The fourth-order valence-corrected chi connectivity index (χ4v) is 5.91. The van der Waals surface area contributed by atoms with E-state index in [0.29, 0.717) is 38.6 Å². The molecular weight excluding hydrogens is 706 g/mol. The molecule has 15 nitrogen and oxygen atoms in total. The van der Waals surface area contributed by atoms with Crippen LogP contribution in [0.4, 0.5) is 4.79 Å². The van der Waals surface area contributed by atoms with E-state index in [1.807, 2.05) is 36.4 Å². The van der Waals surface area contributed by atoms with Gasteiger partial charge in [0.1, 0.15) is 29.8 Å². The first kappa shape index (κ1) is 43.9. The quantitative estimate of drug-likeness (QED) is 0.220. The summed E-state index contributed by atoms with van der Waals surface area (Å²) in [5.41, 5.74) is 6.49. The zero-order valence-corrected chi connectivity index (χ0v) is 32.1. The first-order valence-electron chi connectivity index (χ1n) is 19.0. The highest BCUT2D eigenvalue weighted by molar-refractivity contribution is 5.95. The Morgan fingerprint density at radius 1 is 0.709 bits per heavy atom. The van der Waals surface area contributed by atoms with Crippen molar-refractivity contribution in [3.8, 4) is 0 Å². The van der Waals surface area contributed by atoms with Gasteiger partial charge in [-0.25, -0.2) is 4.79 Å². The Labute approximate surface area is 323 Å². The Balaban J connectivity index is 1.93. The monoisotopic (exact) mass is 763 g/mol. The van der Waals surface area contributed by atoms with E-state index in [4.69, 9.17) is 10.5 Å². The first-order chi connectivity index (χ1) is 26.2. The van der Waals surface area contributed by atoms with Crippen LogP contribution in [-0.4, -0.2) is 84.4 Å². The molecule has 2 aromatic carbocycles. The largest absolute Gasteiger partial charge is 0.444 e. The van der Waals surface area contributed by atoms with Crippen molar-refractivity contribution in [3.63, 3.8) is 0 Å². The molecule has 1 saturated heterocycles. The second kappa shape index (κ2) is 22.7. The number of aryl methyl sites for hydroxylation is 1. The molecule has 0 radical (unpaired) electrons. The second-order valence-electron chi connectivity index (χ2n) is 14.7. The van der Waals surface area contributed by atoms with Gasteiger partial charge in [-0.15, -0.1) is 0 Å². The highest BCUT2D eigenvalue weighted by atomic mass is 16.6. The number of ether oxygens (including phenoxy) is 1. The summed E-state index contributed by atoms with van der Waals surface area (Å²) >= 11 is 0. The second-order valence-corrected chi connectivity index (χ2v) is 14.7. The molecule has 8 N–H and O–H groups in total. The standard InChI is InChI=1S/C40H57N7O8/c1-40(2,3)55-39(54)47-30-19-11-13-25-43-34(49)23-22-33(48)42-24-12-10-18-29(35(41)50)44-38(53)32(26-28-16-8-5-9-17-28)46-37(52)31(45-36(30)51)21-20-27-14-6-4-7-15-27/h4-9,14-17,29-32H,10-13,18-26H2,1-3H3,(H2,41,50)(H,42,48)(H,43,49)(H,44,53)(H,45,51)(H,46,52)(H,47,54)/t29-,30-,31-,32-/m0/s1. The summed E-state index contributed by atoms with van der Waals surface area (Å²) in [5, 5.41) is 16.5. The summed E-state index contributed by atoms with van der Waals surface area (Å²) < 4.78 is 5.42. The Morgan fingerprint density at radius 3 is 1.80 bits per heavy atom. The highest BCUT2D eigenvalue weighted by Gasteiger charge is 2.32. The van der Waals surface area contributed by atoms with Crippen LogP contribution in [0.15, 0.2) is 60.7 Å². The van der Waals surface area contributed by atoms with Crippen LogP contribution in [0.3, 0.4) is 0 Å². The summed E-state index contributed by atoms with van der Waals surface area (Å²) in [6.07, 6.45) is 1.97. The molecular formula is C40H57N7O8. The maximum Gasteiger partial charge on any atom is 0.408 e. The number of hydrogen-bond acceptors (Lipinski definition) is 8. The van der Waals surface area contributed by atoms with Crippen LogP contribution in [-0.2, 0) is 46.3 Å². The Bertz CT molecular complexity index is 1580. The number of rotatable bonds is 7. The van der Waals surface area contributed by atoms with Crippen molar-refractivity contribution in [2.24, 2.45) is 5.73 Å². The first-order valence-corrected chi connectivity index (χ1v) is 19.0. The number of hydrogen-bond donors (Lipinski definition) is 7. The van der Waals surface area contributed by atoms with Gasteiger partial charge in [-0.1, -0.05) is 60.7 Å². The molecule has 2 aromatic rings. The summed E-state index contributed by atoms with van der Waals surface area (Å²) in [6.45, 7) is 5.67. The third-order valence-corrected chi connectivity index (χ3v) is 8.84. The van der Waals surface area contributed by atoms with Crippen molar-refractivity contribution >= 4 is 41.5 Å². The van der Waals surface area contributed by atoms with E-state index in [0.717, 1.165) is 11.1 Å². The lowest BCUT2D eigenvalue weighted by molar-refractivity contribution is -0.133. The molecule has 0 unspecified atom stereocenters. The fraction of sp³-hybridized carbons (Fsp3) is 0.525. The maximum atomic E-state index is 14.1. The van der Waals surface area contributed by atoms with Gasteiger partial charge in [0.05, 0.1) is 0 Å². The smallest absolute Gasteiger partial charge is 0.408 e. The van der Waals surface area contributed by atoms with Crippen LogP contribution >= 0.6 is 0 Å². The van der Waals surface area contributed by atoms with E-state index in [1.54, 1.807) is 45.0 Å². The molecule has 0 spiro atoms. The van der Waals surface area contributed by atoms with Crippen LogP contribution in [0.25, 0.3) is 0 Å². The van der Waals surface area contributed by atoms with Gasteiger partial charge < -0.3 is 42.4 Å². The van der Waals surface area contributed by atoms with Gasteiger partial charge >= 0.3 is 6.09 Å². The molecule has 55 heavy (non-hydrogen) atoms. The predicted octanol–water partition coefficient (Wildman–Crippen LogP) is 2.06.